The lowest BCUT2D eigenvalue weighted by atomic mass is 10.1. The highest BCUT2D eigenvalue weighted by Gasteiger charge is 2.28. The lowest BCUT2D eigenvalue weighted by molar-refractivity contribution is 0.101. The van der Waals surface area contributed by atoms with Gasteiger partial charge in [0, 0.05) is 17.7 Å². The number of fused-ring (bicyclic) bond motifs is 1. The van der Waals surface area contributed by atoms with E-state index in [0.717, 1.165) is 0 Å². The van der Waals surface area contributed by atoms with Gasteiger partial charge in [-0.05, 0) is 36.4 Å². The molecular formula is C20H12ClFO4. The first-order chi connectivity index (χ1) is 12.6. The molecule has 1 aromatic heterocycles. The SMILES string of the molecule is O=C1/C(=C\c2ccco2)Oc2cc(OCc3ccc(F)cc3Cl)ccc21. The van der Waals surface area contributed by atoms with Crippen molar-refractivity contribution >= 4 is 23.5 Å². The van der Waals surface area contributed by atoms with Crippen molar-refractivity contribution in [2.75, 3.05) is 0 Å². The summed E-state index contributed by atoms with van der Waals surface area (Å²) >= 11 is 5.99. The standard InChI is InChI=1S/C20H12ClFO4/c21-17-8-13(22)4-3-12(17)11-25-15-5-6-16-18(9-15)26-19(20(16)23)10-14-2-1-7-24-14/h1-10H,11H2/b19-10+. The molecule has 130 valence electrons. The Morgan fingerprint density at radius 3 is 2.81 bits per heavy atom. The van der Waals surface area contributed by atoms with Gasteiger partial charge in [0.2, 0.25) is 5.78 Å². The summed E-state index contributed by atoms with van der Waals surface area (Å²) in [6.45, 7) is 0.168. The minimum Gasteiger partial charge on any atom is -0.489 e. The van der Waals surface area contributed by atoms with Gasteiger partial charge in [-0.25, -0.2) is 4.39 Å². The summed E-state index contributed by atoms with van der Waals surface area (Å²) in [6, 6.07) is 12.5. The number of benzene rings is 2. The summed E-state index contributed by atoms with van der Waals surface area (Å²) in [5.74, 6) is 1.02. The molecule has 0 fully saturated rings. The second kappa shape index (κ2) is 6.69. The van der Waals surface area contributed by atoms with Crippen molar-refractivity contribution in [2.24, 2.45) is 0 Å². The van der Waals surface area contributed by atoms with Crippen LogP contribution >= 0.6 is 11.6 Å². The van der Waals surface area contributed by atoms with Gasteiger partial charge in [0.25, 0.3) is 0 Å². The zero-order chi connectivity index (χ0) is 18.1. The Hall–Kier alpha value is -3.05. The molecule has 0 amide bonds. The highest BCUT2D eigenvalue weighted by atomic mass is 35.5. The van der Waals surface area contributed by atoms with Gasteiger partial charge in [0.05, 0.1) is 16.8 Å². The molecule has 6 heteroatoms. The van der Waals surface area contributed by atoms with E-state index < -0.39 is 5.82 Å². The van der Waals surface area contributed by atoms with Gasteiger partial charge >= 0.3 is 0 Å². The van der Waals surface area contributed by atoms with Crippen LogP contribution in [0.25, 0.3) is 6.08 Å². The molecule has 0 radical (unpaired) electrons. The summed E-state index contributed by atoms with van der Waals surface area (Å²) in [7, 11) is 0. The molecule has 0 aliphatic carbocycles. The summed E-state index contributed by atoms with van der Waals surface area (Å²) in [4.78, 5) is 12.4. The van der Waals surface area contributed by atoms with Crippen LogP contribution in [0.15, 0.2) is 65.0 Å². The third-order valence-corrected chi connectivity index (χ3v) is 4.22. The number of ketones is 1. The smallest absolute Gasteiger partial charge is 0.232 e. The van der Waals surface area contributed by atoms with E-state index in [1.54, 1.807) is 42.5 Å². The van der Waals surface area contributed by atoms with E-state index in [-0.39, 0.29) is 18.1 Å². The van der Waals surface area contributed by atoms with Crippen molar-refractivity contribution in [1.29, 1.82) is 0 Å². The monoisotopic (exact) mass is 370 g/mol. The van der Waals surface area contributed by atoms with Crippen LogP contribution in [0.2, 0.25) is 5.02 Å². The van der Waals surface area contributed by atoms with E-state index in [9.17, 15) is 9.18 Å². The molecule has 3 aromatic rings. The van der Waals surface area contributed by atoms with E-state index in [2.05, 4.69) is 0 Å². The van der Waals surface area contributed by atoms with Crippen molar-refractivity contribution in [2.45, 2.75) is 6.61 Å². The summed E-state index contributed by atoms with van der Waals surface area (Å²) < 4.78 is 29.6. The second-order valence-electron chi connectivity index (χ2n) is 5.64. The molecule has 0 spiro atoms. The second-order valence-corrected chi connectivity index (χ2v) is 6.04. The molecule has 2 aromatic carbocycles. The molecule has 0 saturated heterocycles. The Kier molecular flexibility index (Phi) is 4.22. The number of halogens is 2. The van der Waals surface area contributed by atoms with Crippen LogP contribution in [-0.2, 0) is 6.61 Å². The van der Waals surface area contributed by atoms with Crippen LogP contribution in [-0.4, -0.2) is 5.78 Å². The molecule has 0 bridgehead atoms. The normalized spacial score (nSPS) is 14.4. The summed E-state index contributed by atoms with van der Waals surface area (Å²) in [5, 5.41) is 0.293. The Morgan fingerprint density at radius 2 is 2.04 bits per heavy atom. The number of hydrogen-bond donors (Lipinski definition) is 0. The van der Waals surface area contributed by atoms with Gasteiger partial charge in [-0.2, -0.15) is 0 Å². The van der Waals surface area contributed by atoms with Gasteiger partial charge < -0.3 is 13.9 Å². The van der Waals surface area contributed by atoms with Crippen molar-refractivity contribution in [3.8, 4) is 11.5 Å². The van der Waals surface area contributed by atoms with Gasteiger partial charge in [-0.1, -0.05) is 17.7 Å². The average Bonchev–Trinajstić information content (AvgIpc) is 3.23. The molecule has 0 atom stereocenters. The van der Waals surface area contributed by atoms with Crippen LogP contribution in [0, 0.1) is 5.82 Å². The topological polar surface area (TPSA) is 48.7 Å². The highest BCUT2D eigenvalue weighted by Crippen LogP contribution is 2.35. The van der Waals surface area contributed by atoms with Gasteiger partial charge in [-0.3, -0.25) is 4.79 Å². The quantitative estimate of drug-likeness (QED) is 0.587. The van der Waals surface area contributed by atoms with Crippen molar-refractivity contribution in [3.63, 3.8) is 0 Å². The molecule has 1 aliphatic heterocycles. The predicted molar refractivity (Wildman–Crippen MR) is 93.8 cm³/mol. The number of carbonyl (C=O) groups is 1. The fourth-order valence-electron chi connectivity index (χ4n) is 2.56. The maximum absolute atomic E-state index is 13.1. The molecule has 1 aliphatic rings. The van der Waals surface area contributed by atoms with E-state index in [1.165, 1.54) is 18.4 Å². The van der Waals surface area contributed by atoms with Gasteiger partial charge in [0.1, 0.15) is 29.7 Å². The maximum Gasteiger partial charge on any atom is 0.232 e. The zero-order valence-corrected chi connectivity index (χ0v) is 14.1. The van der Waals surface area contributed by atoms with Crippen LogP contribution in [0.1, 0.15) is 21.7 Å². The third-order valence-electron chi connectivity index (χ3n) is 3.87. The number of furan rings is 1. The number of carbonyl (C=O) groups excluding carboxylic acids is 1. The molecule has 0 saturated carbocycles. The van der Waals surface area contributed by atoms with Crippen molar-refractivity contribution in [1.82, 2.24) is 0 Å². The largest absolute Gasteiger partial charge is 0.489 e. The number of rotatable bonds is 4. The zero-order valence-electron chi connectivity index (χ0n) is 13.4. The van der Waals surface area contributed by atoms with E-state index in [1.807, 2.05) is 0 Å². The Morgan fingerprint density at radius 1 is 1.15 bits per heavy atom. The Balaban J connectivity index is 1.51. The minimum atomic E-state index is -0.404. The average molecular weight is 371 g/mol. The number of ether oxygens (including phenoxy) is 2. The minimum absolute atomic E-state index is 0.168. The first-order valence-corrected chi connectivity index (χ1v) is 8.16. The number of allylic oxidation sites excluding steroid dienone is 1. The van der Waals surface area contributed by atoms with Crippen molar-refractivity contribution < 1.29 is 23.1 Å². The van der Waals surface area contributed by atoms with E-state index in [0.29, 0.717) is 33.4 Å². The molecule has 26 heavy (non-hydrogen) atoms. The molecule has 4 rings (SSSR count). The molecular weight excluding hydrogens is 359 g/mol. The fraction of sp³-hybridized carbons (Fsp3) is 0.0500. The van der Waals surface area contributed by atoms with E-state index >= 15 is 0 Å². The van der Waals surface area contributed by atoms with Gasteiger partial charge in [-0.15, -0.1) is 0 Å². The third kappa shape index (κ3) is 3.21. The maximum atomic E-state index is 13.1. The Bertz CT molecular complexity index is 1010. The lowest BCUT2D eigenvalue weighted by Crippen LogP contribution is -1.98. The number of hydrogen-bond acceptors (Lipinski definition) is 4. The molecule has 0 unspecified atom stereocenters. The van der Waals surface area contributed by atoms with Gasteiger partial charge in [0.15, 0.2) is 5.76 Å². The fourth-order valence-corrected chi connectivity index (χ4v) is 2.78. The molecule has 4 nitrogen and oxygen atoms in total. The summed E-state index contributed by atoms with van der Waals surface area (Å²) in [6.07, 6.45) is 3.06. The first-order valence-electron chi connectivity index (χ1n) is 7.79. The molecule has 2 heterocycles. The van der Waals surface area contributed by atoms with Crippen LogP contribution in [0.4, 0.5) is 4.39 Å². The van der Waals surface area contributed by atoms with E-state index in [4.69, 9.17) is 25.5 Å². The molecule has 0 N–H and O–H groups in total. The van der Waals surface area contributed by atoms with Crippen LogP contribution < -0.4 is 9.47 Å². The Labute approximate surface area is 153 Å². The first kappa shape index (κ1) is 16.4. The predicted octanol–water partition coefficient (Wildman–Crippen LogP) is 5.27. The highest BCUT2D eigenvalue weighted by molar-refractivity contribution is 6.31. The number of Topliss-reactive ketones (excluding diaryl/α,β-unsaturated/α-hetero) is 1. The summed E-state index contributed by atoms with van der Waals surface area (Å²) in [5.41, 5.74) is 1.11. The van der Waals surface area contributed by atoms with Crippen LogP contribution in [0.5, 0.6) is 11.5 Å². The van der Waals surface area contributed by atoms with Crippen LogP contribution in [0.3, 0.4) is 0 Å². The lowest BCUT2D eigenvalue weighted by Gasteiger charge is -2.08. The van der Waals surface area contributed by atoms with Crippen molar-refractivity contribution in [3.05, 3.63) is 88.3 Å².